The summed E-state index contributed by atoms with van der Waals surface area (Å²) < 4.78 is 19.1. The Kier molecular flexibility index (Phi) is 6.76. The van der Waals surface area contributed by atoms with Gasteiger partial charge < -0.3 is 28.9 Å². The zero-order valence-corrected chi connectivity index (χ0v) is 22.7. The molecule has 1 N–H and O–H groups in total. The van der Waals surface area contributed by atoms with E-state index in [-0.39, 0.29) is 24.1 Å². The molecular formula is C28H35N7O4. The van der Waals surface area contributed by atoms with Crippen molar-refractivity contribution in [1.29, 1.82) is 0 Å². The smallest absolute Gasteiger partial charge is 0.322 e. The molecule has 3 aromatic rings. The number of aromatic amines is 1. The number of hydrogen-bond acceptors (Lipinski definition) is 9. The van der Waals surface area contributed by atoms with Gasteiger partial charge in [-0.2, -0.15) is 15.1 Å². The SMILES string of the molecule is C=CC(=O)N1CCN(c2nc(OC[C@@H]3CCCN3C)nc3c2OCC(c2c(C)ccc4[nH]ncc24)O3)C[C@H]1C. The van der Waals surface area contributed by atoms with Crippen LogP contribution in [0, 0.1) is 6.92 Å². The van der Waals surface area contributed by atoms with Gasteiger partial charge in [-0.15, -0.1) is 0 Å². The van der Waals surface area contributed by atoms with E-state index in [9.17, 15) is 4.79 Å². The second kappa shape index (κ2) is 10.4. The number of likely N-dealkylation sites (tertiary alicyclic amines) is 1. The summed E-state index contributed by atoms with van der Waals surface area (Å²) in [5, 5.41) is 8.26. The summed E-state index contributed by atoms with van der Waals surface area (Å²) in [5.41, 5.74) is 3.05. The number of rotatable bonds is 6. The van der Waals surface area contributed by atoms with E-state index in [1.807, 2.05) is 24.1 Å². The van der Waals surface area contributed by atoms with Crippen LogP contribution in [0.5, 0.6) is 17.6 Å². The number of carbonyl (C=O) groups excluding carboxylic acids is 1. The largest absolute Gasteiger partial charge is 0.481 e. The van der Waals surface area contributed by atoms with Crippen molar-refractivity contribution < 1.29 is 19.0 Å². The summed E-state index contributed by atoms with van der Waals surface area (Å²) in [7, 11) is 2.12. The third-order valence-electron chi connectivity index (χ3n) is 8.10. The minimum atomic E-state index is -0.364. The Hall–Kier alpha value is -3.86. The first-order valence-corrected chi connectivity index (χ1v) is 13.6. The monoisotopic (exact) mass is 533 g/mol. The normalized spacial score (nSPS) is 23.3. The number of aromatic nitrogens is 4. The molecule has 11 nitrogen and oxygen atoms in total. The minimum Gasteiger partial charge on any atom is -0.481 e. The van der Waals surface area contributed by atoms with E-state index in [2.05, 4.69) is 51.6 Å². The average Bonchev–Trinajstić information content (AvgIpc) is 3.59. The van der Waals surface area contributed by atoms with Crippen molar-refractivity contribution in [2.24, 2.45) is 0 Å². The quantitative estimate of drug-likeness (QED) is 0.479. The Balaban J connectivity index is 1.32. The molecule has 2 saturated heterocycles. The lowest BCUT2D eigenvalue weighted by molar-refractivity contribution is -0.128. The van der Waals surface area contributed by atoms with Crippen molar-refractivity contribution in [3.8, 4) is 17.6 Å². The number of aryl methyl sites for hydroxylation is 1. The van der Waals surface area contributed by atoms with Gasteiger partial charge in [0.15, 0.2) is 11.9 Å². The fraction of sp³-hybridized carbons (Fsp3) is 0.500. The number of piperazine rings is 1. The van der Waals surface area contributed by atoms with Gasteiger partial charge in [-0.3, -0.25) is 9.89 Å². The standard InChI is InChI=1S/C28H35N7O4/c1-5-23(36)35-12-11-34(14-18(35)3)26-25-27(31-28(30-26)38-15-19-7-6-10-33(19)4)39-22(16-37-25)24-17(2)8-9-21-20(24)13-29-32-21/h5,8-9,13,18-19,22H,1,6-7,10-12,14-16H2,2-4H3,(H,29,32)/t18-,19+,22?/m1/s1. The Morgan fingerprint density at radius 3 is 2.92 bits per heavy atom. The lowest BCUT2D eigenvalue weighted by atomic mass is 9.99. The topological polar surface area (TPSA) is 109 Å². The highest BCUT2D eigenvalue weighted by molar-refractivity contribution is 5.87. The molecule has 3 atom stereocenters. The number of nitrogens with one attached hydrogen (secondary N) is 1. The number of benzene rings is 1. The number of nitrogens with zero attached hydrogens (tertiary/aromatic N) is 6. The summed E-state index contributed by atoms with van der Waals surface area (Å²) in [6, 6.07) is 4.64. The summed E-state index contributed by atoms with van der Waals surface area (Å²) in [6.07, 6.45) is 5.06. The second-order valence-electron chi connectivity index (χ2n) is 10.6. The van der Waals surface area contributed by atoms with E-state index < -0.39 is 0 Å². The number of H-pyrrole nitrogens is 1. The number of hydrogen-bond donors (Lipinski definition) is 1. The highest BCUT2D eigenvalue weighted by atomic mass is 16.6. The number of likely N-dealkylation sites (N-methyl/N-ethyl adjacent to an activating group) is 1. The molecule has 1 aromatic carbocycles. The van der Waals surface area contributed by atoms with Crippen LogP contribution in [0.3, 0.4) is 0 Å². The fourth-order valence-corrected chi connectivity index (χ4v) is 5.89. The van der Waals surface area contributed by atoms with Crippen LogP contribution in [0.1, 0.15) is 37.0 Å². The molecule has 206 valence electrons. The molecule has 3 aliphatic rings. The molecule has 3 aliphatic heterocycles. The van der Waals surface area contributed by atoms with E-state index in [0.717, 1.165) is 41.4 Å². The zero-order chi connectivity index (χ0) is 27.1. The lowest BCUT2D eigenvalue weighted by Gasteiger charge is -2.40. The highest BCUT2D eigenvalue weighted by Gasteiger charge is 2.35. The number of anilines is 1. The first-order valence-electron chi connectivity index (χ1n) is 13.6. The zero-order valence-electron chi connectivity index (χ0n) is 22.7. The maximum atomic E-state index is 12.3. The van der Waals surface area contributed by atoms with E-state index in [1.54, 1.807) is 0 Å². The van der Waals surface area contributed by atoms with Gasteiger partial charge in [-0.05, 0) is 58.0 Å². The van der Waals surface area contributed by atoms with Gasteiger partial charge in [0, 0.05) is 42.7 Å². The third-order valence-corrected chi connectivity index (χ3v) is 8.10. The van der Waals surface area contributed by atoms with Crippen molar-refractivity contribution in [3.63, 3.8) is 0 Å². The summed E-state index contributed by atoms with van der Waals surface area (Å²) >= 11 is 0. The molecule has 2 fully saturated rings. The van der Waals surface area contributed by atoms with Crippen LogP contribution in [-0.2, 0) is 4.79 Å². The van der Waals surface area contributed by atoms with Gasteiger partial charge in [0.1, 0.15) is 13.2 Å². The number of carbonyl (C=O) groups is 1. The molecule has 5 heterocycles. The van der Waals surface area contributed by atoms with Crippen LogP contribution < -0.4 is 19.1 Å². The fourth-order valence-electron chi connectivity index (χ4n) is 5.89. The van der Waals surface area contributed by atoms with E-state index >= 15 is 0 Å². The maximum absolute atomic E-state index is 12.3. The van der Waals surface area contributed by atoms with Crippen LogP contribution in [0.4, 0.5) is 5.82 Å². The van der Waals surface area contributed by atoms with Crippen LogP contribution in [0.25, 0.3) is 10.9 Å². The van der Waals surface area contributed by atoms with Gasteiger partial charge in [-0.1, -0.05) is 12.6 Å². The summed E-state index contributed by atoms with van der Waals surface area (Å²) in [6.45, 7) is 11.3. The molecule has 0 aliphatic carbocycles. The highest BCUT2D eigenvalue weighted by Crippen LogP contribution is 2.44. The molecule has 0 spiro atoms. The van der Waals surface area contributed by atoms with Gasteiger partial charge >= 0.3 is 6.01 Å². The van der Waals surface area contributed by atoms with Crippen LogP contribution >= 0.6 is 0 Å². The molecular weight excluding hydrogens is 498 g/mol. The molecule has 0 saturated carbocycles. The van der Waals surface area contributed by atoms with Crippen molar-refractivity contribution in [3.05, 3.63) is 42.1 Å². The number of fused-ring (bicyclic) bond motifs is 2. The predicted octanol–water partition coefficient (Wildman–Crippen LogP) is 2.87. The molecule has 39 heavy (non-hydrogen) atoms. The first-order chi connectivity index (χ1) is 18.9. The summed E-state index contributed by atoms with van der Waals surface area (Å²) in [4.78, 5) is 28.0. The van der Waals surface area contributed by atoms with Gasteiger partial charge in [0.05, 0.1) is 11.7 Å². The minimum absolute atomic E-state index is 0.0232. The van der Waals surface area contributed by atoms with Crippen molar-refractivity contribution in [2.45, 2.75) is 44.9 Å². The average molecular weight is 534 g/mol. The molecule has 1 amide bonds. The van der Waals surface area contributed by atoms with Crippen LogP contribution in [0.15, 0.2) is 31.0 Å². The molecule has 0 bridgehead atoms. The van der Waals surface area contributed by atoms with E-state index in [0.29, 0.717) is 56.3 Å². The Morgan fingerprint density at radius 1 is 1.28 bits per heavy atom. The van der Waals surface area contributed by atoms with Crippen molar-refractivity contribution in [1.82, 2.24) is 30.0 Å². The second-order valence-corrected chi connectivity index (χ2v) is 10.6. The molecule has 11 heteroatoms. The van der Waals surface area contributed by atoms with Gasteiger partial charge in [-0.25, -0.2) is 0 Å². The van der Waals surface area contributed by atoms with Crippen molar-refractivity contribution in [2.75, 3.05) is 51.3 Å². The number of ether oxygens (including phenoxy) is 3. The third kappa shape index (κ3) is 4.75. The molecule has 1 unspecified atom stereocenters. The van der Waals surface area contributed by atoms with Gasteiger partial charge in [0.2, 0.25) is 11.7 Å². The predicted molar refractivity (Wildman–Crippen MR) is 146 cm³/mol. The molecule has 2 aromatic heterocycles. The maximum Gasteiger partial charge on any atom is 0.322 e. The lowest BCUT2D eigenvalue weighted by Crippen LogP contribution is -2.54. The molecule has 6 rings (SSSR count). The van der Waals surface area contributed by atoms with Crippen molar-refractivity contribution >= 4 is 22.6 Å². The molecule has 0 radical (unpaired) electrons. The van der Waals surface area contributed by atoms with E-state index in [1.165, 1.54) is 6.08 Å². The van der Waals surface area contributed by atoms with Gasteiger partial charge in [0.25, 0.3) is 5.88 Å². The number of amides is 1. The Labute approximate surface area is 227 Å². The Morgan fingerprint density at radius 2 is 2.15 bits per heavy atom. The van der Waals surface area contributed by atoms with Crippen LogP contribution in [-0.4, -0.2) is 94.4 Å². The van der Waals surface area contributed by atoms with Crippen LogP contribution in [0.2, 0.25) is 0 Å². The summed E-state index contributed by atoms with van der Waals surface area (Å²) in [5.74, 6) is 1.43. The Bertz CT molecular complexity index is 1390. The first kappa shape index (κ1) is 25.4. The van der Waals surface area contributed by atoms with E-state index in [4.69, 9.17) is 19.2 Å².